The van der Waals surface area contributed by atoms with Gasteiger partial charge in [0, 0.05) is 11.1 Å². The molecule has 136 valence electrons. The molecule has 0 aliphatic heterocycles. The summed E-state index contributed by atoms with van der Waals surface area (Å²) in [6.45, 7) is 4.19. The first kappa shape index (κ1) is 18.9. The van der Waals surface area contributed by atoms with Gasteiger partial charge in [0.05, 0.1) is 5.56 Å². The van der Waals surface area contributed by atoms with Crippen molar-refractivity contribution in [3.63, 3.8) is 0 Å². The number of hydrogen-bond acceptors (Lipinski definition) is 0. The molecule has 0 amide bonds. The molecule has 0 aromatic heterocycles. The molecule has 0 unspecified atom stereocenters. The molecule has 0 saturated carbocycles. The second kappa shape index (κ2) is 8.64. The van der Waals surface area contributed by atoms with E-state index in [1.807, 2.05) is 48.5 Å². The van der Waals surface area contributed by atoms with Crippen LogP contribution in [0.2, 0.25) is 0 Å². The highest BCUT2D eigenvalue weighted by molar-refractivity contribution is 5.66. The SMILES string of the molecule is CCCc1ccc(C#Cc2ccc(-c3ccc(CC)cc3)c(F)c2F)cc1. The smallest absolute Gasteiger partial charge is 0.175 e. The van der Waals surface area contributed by atoms with Gasteiger partial charge in [0.2, 0.25) is 0 Å². The molecule has 0 saturated heterocycles. The van der Waals surface area contributed by atoms with Gasteiger partial charge in [-0.2, -0.15) is 0 Å². The second-order valence-corrected chi connectivity index (χ2v) is 6.54. The Morgan fingerprint density at radius 3 is 2.00 bits per heavy atom. The van der Waals surface area contributed by atoms with Crippen LogP contribution in [0.4, 0.5) is 8.78 Å². The van der Waals surface area contributed by atoms with Crippen LogP contribution in [-0.4, -0.2) is 0 Å². The molecule has 3 aromatic carbocycles. The maximum Gasteiger partial charge on any atom is 0.175 e. The highest BCUT2D eigenvalue weighted by Crippen LogP contribution is 2.26. The third kappa shape index (κ3) is 4.44. The van der Waals surface area contributed by atoms with Crippen LogP contribution in [0.1, 0.15) is 42.5 Å². The van der Waals surface area contributed by atoms with Gasteiger partial charge in [0.15, 0.2) is 11.6 Å². The zero-order valence-electron chi connectivity index (χ0n) is 15.7. The lowest BCUT2D eigenvalue weighted by Crippen LogP contribution is -1.94. The zero-order chi connectivity index (χ0) is 19.2. The van der Waals surface area contributed by atoms with Crippen LogP contribution in [0.15, 0.2) is 60.7 Å². The summed E-state index contributed by atoms with van der Waals surface area (Å²) in [5.41, 5.74) is 4.18. The maximum atomic E-state index is 14.6. The first-order valence-corrected chi connectivity index (χ1v) is 9.30. The monoisotopic (exact) mass is 360 g/mol. The lowest BCUT2D eigenvalue weighted by Gasteiger charge is -2.07. The van der Waals surface area contributed by atoms with E-state index in [9.17, 15) is 8.78 Å². The van der Waals surface area contributed by atoms with Gasteiger partial charge in [-0.25, -0.2) is 8.78 Å². The van der Waals surface area contributed by atoms with Crippen LogP contribution in [0, 0.1) is 23.5 Å². The number of halogens is 2. The molecular weight excluding hydrogens is 338 g/mol. The summed E-state index contributed by atoms with van der Waals surface area (Å²) >= 11 is 0. The first-order chi connectivity index (χ1) is 13.1. The zero-order valence-corrected chi connectivity index (χ0v) is 15.7. The van der Waals surface area contributed by atoms with Gasteiger partial charge in [-0.3, -0.25) is 0 Å². The third-order valence-corrected chi connectivity index (χ3v) is 4.59. The molecule has 0 N–H and O–H groups in total. The number of hydrogen-bond donors (Lipinski definition) is 0. The normalized spacial score (nSPS) is 10.4. The fourth-order valence-corrected chi connectivity index (χ4v) is 2.97. The molecule has 0 atom stereocenters. The summed E-state index contributed by atoms with van der Waals surface area (Å²) in [5, 5.41) is 0. The largest absolute Gasteiger partial charge is 0.203 e. The van der Waals surface area contributed by atoms with Crippen molar-refractivity contribution >= 4 is 0 Å². The summed E-state index contributed by atoms with van der Waals surface area (Å²) in [5.74, 6) is 3.91. The van der Waals surface area contributed by atoms with Crippen LogP contribution in [-0.2, 0) is 12.8 Å². The molecule has 0 radical (unpaired) electrons. The van der Waals surface area contributed by atoms with E-state index in [1.165, 1.54) is 5.56 Å². The van der Waals surface area contributed by atoms with E-state index in [0.717, 1.165) is 30.4 Å². The number of benzene rings is 3. The van der Waals surface area contributed by atoms with E-state index >= 15 is 0 Å². The van der Waals surface area contributed by atoms with Gasteiger partial charge < -0.3 is 0 Å². The lowest BCUT2D eigenvalue weighted by molar-refractivity contribution is 0.509. The molecule has 0 aliphatic rings. The molecule has 0 bridgehead atoms. The van der Waals surface area contributed by atoms with E-state index in [1.54, 1.807) is 12.1 Å². The van der Waals surface area contributed by atoms with Gasteiger partial charge in [-0.05, 0) is 53.8 Å². The number of aryl methyl sites for hydroxylation is 2. The Hall–Kier alpha value is -2.92. The average molecular weight is 360 g/mol. The molecule has 0 heterocycles. The molecule has 0 spiro atoms. The third-order valence-electron chi connectivity index (χ3n) is 4.59. The van der Waals surface area contributed by atoms with E-state index in [2.05, 4.69) is 25.7 Å². The number of rotatable bonds is 4. The van der Waals surface area contributed by atoms with Crippen molar-refractivity contribution in [2.24, 2.45) is 0 Å². The Kier molecular flexibility index (Phi) is 6.04. The Labute approximate surface area is 159 Å². The van der Waals surface area contributed by atoms with Crippen molar-refractivity contribution < 1.29 is 8.78 Å². The maximum absolute atomic E-state index is 14.6. The van der Waals surface area contributed by atoms with Crippen molar-refractivity contribution in [1.29, 1.82) is 0 Å². The Morgan fingerprint density at radius 2 is 1.37 bits per heavy atom. The van der Waals surface area contributed by atoms with Gasteiger partial charge >= 0.3 is 0 Å². The van der Waals surface area contributed by atoms with Gasteiger partial charge in [-0.15, -0.1) is 0 Å². The van der Waals surface area contributed by atoms with Crippen molar-refractivity contribution in [1.82, 2.24) is 0 Å². The minimum absolute atomic E-state index is 0.0686. The van der Waals surface area contributed by atoms with E-state index in [-0.39, 0.29) is 11.1 Å². The highest BCUT2D eigenvalue weighted by Gasteiger charge is 2.13. The van der Waals surface area contributed by atoms with Crippen LogP contribution >= 0.6 is 0 Å². The molecule has 3 aromatic rings. The summed E-state index contributed by atoms with van der Waals surface area (Å²) < 4.78 is 29.0. The molecular formula is C25H22F2. The van der Waals surface area contributed by atoms with E-state index in [0.29, 0.717) is 5.56 Å². The molecule has 27 heavy (non-hydrogen) atoms. The molecule has 0 aliphatic carbocycles. The van der Waals surface area contributed by atoms with Crippen LogP contribution in [0.25, 0.3) is 11.1 Å². The van der Waals surface area contributed by atoms with Crippen molar-refractivity contribution in [3.8, 4) is 23.0 Å². The van der Waals surface area contributed by atoms with Crippen LogP contribution in [0.5, 0.6) is 0 Å². The molecule has 0 nitrogen and oxygen atoms in total. The van der Waals surface area contributed by atoms with Crippen molar-refractivity contribution in [2.45, 2.75) is 33.1 Å². The fourth-order valence-electron chi connectivity index (χ4n) is 2.97. The van der Waals surface area contributed by atoms with Crippen LogP contribution in [0.3, 0.4) is 0 Å². The minimum Gasteiger partial charge on any atom is -0.203 e. The summed E-state index contributed by atoms with van der Waals surface area (Å²) in [6.07, 6.45) is 3.02. The standard InChI is InChI=1S/C25H22F2/c1-3-5-19-6-8-20(9-7-19)12-15-22-16-17-23(25(27)24(22)26)21-13-10-18(4-2)11-14-21/h6-11,13-14,16-17H,3-5H2,1-2H3. The summed E-state index contributed by atoms with van der Waals surface area (Å²) in [7, 11) is 0. The average Bonchev–Trinajstić information content (AvgIpc) is 2.71. The highest BCUT2D eigenvalue weighted by atomic mass is 19.2. The predicted octanol–water partition coefficient (Wildman–Crippen LogP) is 6.55. The van der Waals surface area contributed by atoms with Gasteiger partial charge in [0.25, 0.3) is 0 Å². The lowest BCUT2D eigenvalue weighted by atomic mass is 10.0. The first-order valence-electron chi connectivity index (χ1n) is 9.30. The molecule has 2 heteroatoms. The van der Waals surface area contributed by atoms with E-state index < -0.39 is 11.6 Å². The van der Waals surface area contributed by atoms with Crippen molar-refractivity contribution in [3.05, 3.63) is 94.6 Å². The quantitative estimate of drug-likeness (QED) is 0.463. The Bertz CT molecular complexity index is 972. The second-order valence-electron chi connectivity index (χ2n) is 6.54. The van der Waals surface area contributed by atoms with Gasteiger partial charge in [0.1, 0.15) is 0 Å². The predicted molar refractivity (Wildman–Crippen MR) is 108 cm³/mol. The summed E-state index contributed by atoms with van der Waals surface area (Å²) in [4.78, 5) is 0. The van der Waals surface area contributed by atoms with E-state index in [4.69, 9.17) is 0 Å². The minimum atomic E-state index is -0.901. The Balaban J connectivity index is 1.87. The molecule has 3 rings (SSSR count). The Morgan fingerprint density at radius 1 is 0.704 bits per heavy atom. The van der Waals surface area contributed by atoms with Gasteiger partial charge in [-0.1, -0.05) is 68.5 Å². The van der Waals surface area contributed by atoms with Crippen molar-refractivity contribution in [2.75, 3.05) is 0 Å². The van der Waals surface area contributed by atoms with Crippen LogP contribution < -0.4 is 0 Å². The molecule has 0 fully saturated rings. The fraction of sp³-hybridized carbons (Fsp3) is 0.200. The topological polar surface area (TPSA) is 0 Å². The summed E-state index contributed by atoms with van der Waals surface area (Å²) in [6, 6.07) is 18.5.